The Morgan fingerprint density at radius 3 is 2.85 bits per heavy atom. The van der Waals surface area contributed by atoms with E-state index >= 15 is 0 Å². The Morgan fingerprint density at radius 2 is 2.46 bits per heavy atom. The van der Waals surface area contributed by atoms with Gasteiger partial charge in [-0.2, -0.15) is 0 Å². The first-order chi connectivity index (χ1) is 6.20. The van der Waals surface area contributed by atoms with Gasteiger partial charge in [0.1, 0.15) is 6.16 Å². The lowest BCUT2D eigenvalue weighted by atomic mass is 10.1. The molecule has 1 aliphatic rings. The van der Waals surface area contributed by atoms with Gasteiger partial charge in [-0.1, -0.05) is 18.1 Å². The number of terminal acetylenes is 1. The third-order valence-corrected chi connectivity index (χ3v) is 3.44. The molecule has 0 amide bonds. The van der Waals surface area contributed by atoms with Crippen LogP contribution in [0.5, 0.6) is 0 Å². The van der Waals surface area contributed by atoms with Crippen LogP contribution in [-0.4, -0.2) is 18.9 Å². The van der Waals surface area contributed by atoms with Crippen molar-refractivity contribution in [3.05, 3.63) is 12.2 Å². The van der Waals surface area contributed by atoms with Crippen LogP contribution in [0.3, 0.4) is 0 Å². The minimum absolute atomic E-state index is 0.0468. The fraction of sp³-hybridized carbons (Fsp3) is 0.556. The van der Waals surface area contributed by atoms with Crippen LogP contribution in [0.1, 0.15) is 13.3 Å². The molecule has 1 rings (SSSR count). The maximum Gasteiger partial charge on any atom is 0.343 e. The largest absolute Gasteiger partial charge is 0.343 e. The van der Waals surface area contributed by atoms with E-state index in [0.717, 1.165) is 6.42 Å². The van der Waals surface area contributed by atoms with Gasteiger partial charge in [0, 0.05) is 0 Å². The molecule has 1 aliphatic carbocycles. The number of rotatable bonds is 5. The molecular weight excluding hydrogens is 187 g/mol. The molecule has 4 heteroatoms. The van der Waals surface area contributed by atoms with Crippen molar-refractivity contribution in [2.75, 3.05) is 12.8 Å². The van der Waals surface area contributed by atoms with Gasteiger partial charge in [0.15, 0.2) is 0 Å². The molecular formula is C9H13O3P. The Morgan fingerprint density at radius 1 is 1.77 bits per heavy atom. The van der Waals surface area contributed by atoms with E-state index in [2.05, 4.69) is 5.92 Å². The Hall–Kier alpha value is -0.550. The zero-order valence-electron chi connectivity index (χ0n) is 7.60. The third kappa shape index (κ3) is 3.00. The summed E-state index contributed by atoms with van der Waals surface area (Å²) in [5.41, 5.74) is 0. The van der Waals surface area contributed by atoms with Crippen LogP contribution in [0.2, 0.25) is 0 Å². The van der Waals surface area contributed by atoms with Gasteiger partial charge in [0.05, 0.1) is 12.7 Å². The Labute approximate surface area is 78.7 Å². The summed E-state index contributed by atoms with van der Waals surface area (Å²) in [6, 6.07) is 0. The highest BCUT2D eigenvalue weighted by Crippen LogP contribution is 2.50. The molecule has 0 saturated heterocycles. The first kappa shape index (κ1) is 10.5. The van der Waals surface area contributed by atoms with Crippen LogP contribution >= 0.6 is 7.60 Å². The molecule has 13 heavy (non-hydrogen) atoms. The predicted molar refractivity (Wildman–Crippen MR) is 51.6 cm³/mol. The standard InChI is InChI=1S/C9H13O3P/c1-3-8-13(10,11-4-2)12-9-6-5-7-9/h1,5-6,9H,4,7-8H2,2H3. The number of hydrogen-bond acceptors (Lipinski definition) is 3. The van der Waals surface area contributed by atoms with Gasteiger partial charge < -0.3 is 9.05 Å². The van der Waals surface area contributed by atoms with Gasteiger partial charge in [-0.25, -0.2) is 0 Å². The Balaban J connectivity index is 2.50. The molecule has 2 atom stereocenters. The molecule has 0 heterocycles. The summed E-state index contributed by atoms with van der Waals surface area (Å²) in [7, 11) is -3.03. The molecule has 0 aromatic rings. The lowest BCUT2D eigenvalue weighted by molar-refractivity contribution is 0.172. The second-order valence-corrected chi connectivity index (χ2v) is 4.71. The summed E-state index contributed by atoms with van der Waals surface area (Å²) in [6.45, 7) is 2.12. The van der Waals surface area contributed by atoms with Crippen molar-refractivity contribution in [2.45, 2.75) is 19.4 Å². The first-order valence-corrected chi connectivity index (χ1v) is 5.95. The van der Waals surface area contributed by atoms with Crippen LogP contribution in [0, 0.1) is 12.3 Å². The summed E-state index contributed by atoms with van der Waals surface area (Å²) in [5, 5.41) is 0. The van der Waals surface area contributed by atoms with Gasteiger partial charge in [-0.15, -0.1) is 6.42 Å². The van der Waals surface area contributed by atoms with E-state index in [4.69, 9.17) is 15.5 Å². The molecule has 0 radical (unpaired) electrons. The van der Waals surface area contributed by atoms with Gasteiger partial charge >= 0.3 is 7.60 Å². The lowest BCUT2D eigenvalue weighted by Crippen LogP contribution is -2.15. The summed E-state index contributed by atoms with van der Waals surface area (Å²) in [5.74, 6) is 2.31. The van der Waals surface area contributed by atoms with E-state index in [0.29, 0.717) is 6.61 Å². The third-order valence-electron chi connectivity index (χ3n) is 1.63. The summed E-state index contributed by atoms with van der Waals surface area (Å²) < 4.78 is 22.1. The normalized spacial score (nSPS) is 24.5. The van der Waals surface area contributed by atoms with Crippen LogP contribution in [-0.2, 0) is 13.6 Å². The van der Waals surface area contributed by atoms with E-state index in [1.807, 2.05) is 12.2 Å². The quantitative estimate of drug-likeness (QED) is 0.387. The predicted octanol–water partition coefficient (Wildman–Crippen LogP) is 2.19. The van der Waals surface area contributed by atoms with Crippen LogP contribution in [0.25, 0.3) is 0 Å². The van der Waals surface area contributed by atoms with Crippen molar-refractivity contribution in [3.63, 3.8) is 0 Å². The molecule has 3 nitrogen and oxygen atoms in total. The highest BCUT2D eigenvalue weighted by molar-refractivity contribution is 7.54. The van der Waals surface area contributed by atoms with Crippen molar-refractivity contribution in [1.29, 1.82) is 0 Å². The average molecular weight is 200 g/mol. The second kappa shape index (κ2) is 4.62. The molecule has 0 N–H and O–H groups in total. The smallest absolute Gasteiger partial charge is 0.308 e. The fourth-order valence-electron chi connectivity index (χ4n) is 0.953. The molecule has 0 aromatic carbocycles. The maximum atomic E-state index is 11.8. The van der Waals surface area contributed by atoms with E-state index in [1.54, 1.807) is 6.92 Å². The molecule has 72 valence electrons. The summed E-state index contributed by atoms with van der Waals surface area (Å²) >= 11 is 0. The molecule has 0 bridgehead atoms. The molecule has 0 fully saturated rings. The van der Waals surface area contributed by atoms with E-state index < -0.39 is 7.60 Å². The van der Waals surface area contributed by atoms with Gasteiger partial charge in [0.25, 0.3) is 0 Å². The van der Waals surface area contributed by atoms with Crippen LogP contribution < -0.4 is 0 Å². The lowest BCUT2D eigenvalue weighted by Gasteiger charge is -2.23. The van der Waals surface area contributed by atoms with Crippen LogP contribution in [0.15, 0.2) is 12.2 Å². The maximum absolute atomic E-state index is 11.8. The summed E-state index contributed by atoms with van der Waals surface area (Å²) in [4.78, 5) is 0. The fourth-order valence-corrected chi connectivity index (χ4v) is 2.37. The van der Waals surface area contributed by atoms with Crippen molar-refractivity contribution in [3.8, 4) is 12.3 Å². The molecule has 0 aromatic heterocycles. The van der Waals surface area contributed by atoms with E-state index in [1.165, 1.54) is 0 Å². The van der Waals surface area contributed by atoms with Crippen molar-refractivity contribution in [1.82, 2.24) is 0 Å². The van der Waals surface area contributed by atoms with E-state index in [9.17, 15) is 4.57 Å². The minimum Gasteiger partial charge on any atom is -0.308 e. The number of hydrogen-bond donors (Lipinski definition) is 0. The summed E-state index contributed by atoms with van der Waals surface area (Å²) in [6.07, 6.45) is 9.65. The van der Waals surface area contributed by atoms with Crippen molar-refractivity contribution in [2.24, 2.45) is 0 Å². The minimum atomic E-state index is -3.03. The zero-order chi connectivity index (χ0) is 9.73. The van der Waals surface area contributed by atoms with Gasteiger partial charge in [0.2, 0.25) is 0 Å². The van der Waals surface area contributed by atoms with E-state index in [-0.39, 0.29) is 12.3 Å². The van der Waals surface area contributed by atoms with Gasteiger partial charge in [-0.3, -0.25) is 4.57 Å². The van der Waals surface area contributed by atoms with Crippen LogP contribution in [0.4, 0.5) is 0 Å². The Kier molecular flexibility index (Phi) is 3.74. The zero-order valence-corrected chi connectivity index (χ0v) is 8.50. The highest BCUT2D eigenvalue weighted by atomic mass is 31.2. The SMILES string of the molecule is C#CCP(=O)(OCC)OC1C=CC1. The van der Waals surface area contributed by atoms with Gasteiger partial charge in [-0.05, 0) is 13.3 Å². The second-order valence-electron chi connectivity index (χ2n) is 2.70. The monoisotopic (exact) mass is 200 g/mol. The first-order valence-electron chi connectivity index (χ1n) is 4.22. The molecule has 0 aliphatic heterocycles. The molecule has 2 unspecified atom stereocenters. The average Bonchev–Trinajstić information content (AvgIpc) is 1.98. The highest BCUT2D eigenvalue weighted by Gasteiger charge is 2.27. The Bertz CT molecular complexity index is 277. The topological polar surface area (TPSA) is 35.5 Å². The van der Waals surface area contributed by atoms with Crippen molar-refractivity contribution < 1.29 is 13.6 Å². The molecule has 0 saturated carbocycles. The van der Waals surface area contributed by atoms with Crippen molar-refractivity contribution >= 4 is 7.60 Å². The molecule has 0 spiro atoms.